The monoisotopic (exact) mass is 621 g/mol. The lowest BCUT2D eigenvalue weighted by Crippen LogP contribution is -1.93. The quantitative estimate of drug-likeness (QED) is 0.0554. The summed E-state index contributed by atoms with van der Waals surface area (Å²) < 4.78 is 0. The summed E-state index contributed by atoms with van der Waals surface area (Å²) in [5.41, 5.74) is 0. The van der Waals surface area contributed by atoms with Crippen LogP contribution in [0.2, 0.25) is 0 Å². The van der Waals surface area contributed by atoms with Crippen LogP contribution in [0.1, 0.15) is 219 Å². The number of carboxylic acids is 2. The van der Waals surface area contributed by atoms with E-state index in [2.05, 4.69) is 38.2 Å². The molecule has 0 aliphatic carbocycles. The average molecular weight is 621 g/mol. The molecule has 4 nitrogen and oxygen atoms in total. The van der Waals surface area contributed by atoms with Crippen LogP contribution in [-0.4, -0.2) is 22.2 Å². The van der Waals surface area contributed by atoms with E-state index in [1.165, 1.54) is 167 Å². The summed E-state index contributed by atoms with van der Waals surface area (Å²) in [5.74, 6) is -1.32. The number of hydrogen-bond acceptors (Lipinski definition) is 2. The second-order valence-electron chi connectivity index (χ2n) is 12.9. The number of hydrogen-bond donors (Lipinski definition) is 2. The Morgan fingerprint density at radius 2 is 0.545 bits per heavy atom. The van der Waals surface area contributed by atoms with E-state index in [1.54, 1.807) is 0 Å². The molecule has 4 heteroatoms. The fourth-order valence-corrected chi connectivity index (χ4v) is 5.40. The fourth-order valence-electron chi connectivity index (χ4n) is 5.40. The summed E-state index contributed by atoms with van der Waals surface area (Å²) in [4.78, 5) is 20.7. The summed E-state index contributed by atoms with van der Waals surface area (Å²) in [6.07, 6.45) is 48.3. The Labute approximate surface area is 275 Å². The molecule has 0 aromatic carbocycles. The van der Waals surface area contributed by atoms with E-state index in [0.29, 0.717) is 12.8 Å². The highest BCUT2D eigenvalue weighted by Crippen LogP contribution is 2.13. The minimum Gasteiger partial charge on any atom is -0.481 e. The lowest BCUT2D eigenvalue weighted by atomic mass is 10.1. The van der Waals surface area contributed by atoms with Gasteiger partial charge in [0.25, 0.3) is 0 Å². The summed E-state index contributed by atoms with van der Waals surface area (Å²) in [7, 11) is 0. The zero-order chi connectivity index (χ0) is 32.6. The first-order chi connectivity index (χ1) is 21.5. The number of rotatable bonds is 34. The van der Waals surface area contributed by atoms with Crippen LogP contribution in [0.5, 0.6) is 0 Å². The molecule has 0 unspecified atom stereocenters. The fraction of sp³-hybridized carbons (Fsp3) is 0.850. The first-order valence-electron chi connectivity index (χ1n) is 19.3. The van der Waals surface area contributed by atoms with Gasteiger partial charge in [-0.25, -0.2) is 0 Å². The van der Waals surface area contributed by atoms with Gasteiger partial charge in [0, 0.05) is 12.8 Å². The van der Waals surface area contributed by atoms with Crippen LogP contribution in [0, 0.1) is 0 Å². The molecule has 0 aromatic heterocycles. The largest absolute Gasteiger partial charge is 0.481 e. The van der Waals surface area contributed by atoms with Gasteiger partial charge in [0.1, 0.15) is 0 Å². The molecular weight excluding hydrogens is 544 g/mol. The molecule has 0 amide bonds. The molecule has 0 saturated carbocycles. The van der Waals surface area contributed by atoms with Crippen LogP contribution in [0.3, 0.4) is 0 Å². The van der Waals surface area contributed by atoms with E-state index in [-0.39, 0.29) is 0 Å². The maximum absolute atomic E-state index is 10.4. The third-order valence-electron chi connectivity index (χ3n) is 8.30. The van der Waals surface area contributed by atoms with Crippen LogP contribution in [-0.2, 0) is 9.59 Å². The van der Waals surface area contributed by atoms with Gasteiger partial charge in [-0.3, -0.25) is 9.59 Å². The van der Waals surface area contributed by atoms with Gasteiger partial charge in [0.15, 0.2) is 0 Å². The lowest BCUT2D eigenvalue weighted by Gasteiger charge is -2.00. The van der Waals surface area contributed by atoms with Crippen molar-refractivity contribution in [2.24, 2.45) is 0 Å². The van der Waals surface area contributed by atoms with Crippen LogP contribution in [0.25, 0.3) is 0 Å². The molecule has 0 spiro atoms. The molecule has 0 aliphatic heterocycles. The summed E-state index contributed by atoms with van der Waals surface area (Å²) in [5, 5.41) is 17.1. The Morgan fingerprint density at radius 1 is 0.341 bits per heavy atom. The molecule has 0 fully saturated rings. The van der Waals surface area contributed by atoms with Gasteiger partial charge >= 0.3 is 11.9 Å². The van der Waals surface area contributed by atoms with E-state index in [0.717, 1.165) is 25.7 Å². The van der Waals surface area contributed by atoms with Gasteiger partial charge in [0.05, 0.1) is 0 Å². The number of carbonyl (C=O) groups is 2. The highest BCUT2D eigenvalue weighted by molar-refractivity contribution is 5.66. The molecule has 0 bridgehead atoms. The Morgan fingerprint density at radius 3 is 0.773 bits per heavy atom. The molecule has 2 N–H and O–H groups in total. The van der Waals surface area contributed by atoms with Crippen molar-refractivity contribution in [1.82, 2.24) is 0 Å². The predicted octanol–water partition coefficient (Wildman–Crippen LogP) is 13.8. The molecule has 0 saturated heterocycles. The average Bonchev–Trinajstić information content (AvgIpc) is 3.00. The van der Waals surface area contributed by atoms with Crippen molar-refractivity contribution in [3.05, 3.63) is 24.3 Å². The van der Waals surface area contributed by atoms with E-state index in [4.69, 9.17) is 10.2 Å². The van der Waals surface area contributed by atoms with Gasteiger partial charge in [-0.2, -0.15) is 0 Å². The van der Waals surface area contributed by atoms with Crippen molar-refractivity contribution < 1.29 is 19.8 Å². The maximum atomic E-state index is 10.4. The lowest BCUT2D eigenvalue weighted by molar-refractivity contribution is -0.138. The van der Waals surface area contributed by atoms with E-state index >= 15 is 0 Å². The second-order valence-corrected chi connectivity index (χ2v) is 12.9. The van der Waals surface area contributed by atoms with Crippen LogP contribution in [0.15, 0.2) is 24.3 Å². The standard InChI is InChI=1S/2C20H38O2/c2*1-2-3-4-5-6-7-8-9-10-11-12-13-14-15-16-17-18-19-20(21)22/h2*9-10H,2-8,11-19H2,1H3,(H,21,22)/b10-9+;10-9-. The van der Waals surface area contributed by atoms with Crippen molar-refractivity contribution in [2.45, 2.75) is 219 Å². The molecule has 260 valence electrons. The number of carboxylic acid groups (broad SMARTS) is 2. The third kappa shape index (κ3) is 47.4. The summed E-state index contributed by atoms with van der Waals surface area (Å²) in [6.45, 7) is 4.53. The first kappa shape index (κ1) is 44.5. The third-order valence-corrected chi connectivity index (χ3v) is 8.30. The molecule has 0 radical (unpaired) electrons. The molecule has 0 aromatic rings. The van der Waals surface area contributed by atoms with Crippen molar-refractivity contribution in [2.75, 3.05) is 0 Å². The van der Waals surface area contributed by atoms with Crippen LogP contribution in [0.4, 0.5) is 0 Å². The van der Waals surface area contributed by atoms with Crippen molar-refractivity contribution in [3.63, 3.8) is 0 Å². The maximum Gasteiger partial charge on any atom is 0.303 e. The smallest absolute Gasteiger partial charge is 0.303 e. The van der Waals surface area contributed by atoms with Crippen LogP contribution < -0.4 is 0 Å². The highest BCUT2D eigenvalue weighted by atomic mass is 16.4. The minimum atomic E-state index is -0.659. The van der Waals surface area contributed by atoms with Gasteiger partial charge in [-0.15, -0.1) is 0 Å². The van der Waals surface area contributed by atoms with E-state index in [1.807, 2.05) is 0 Å². The first-order valence-corrected chi connectivity index (χ1v) is 19.3. The van der Waals surface area contributed by atoms with Gasteiger partial charge in [0.2, 0.25) is 0 Å². The topological polar surface area (TPSA) is 74.6 Å². The highest BCUT2D eigenvalue weighted by Gasteiger charge is 1.97. The Bertz CT molecular complexity index is 571. The predicted molar refractivity (Wildman–Crippen MR) is 193 cm³/mol. The molecule has 0 rings (SSSR count). The molecule has 0 aliphatic rings. The molecule has 0 heterocycles. The van der Waals surface area contributed by atoms with E-state index in [9.17, 15) is 9.59 Å². The van der Waals surface area contributed by atoms with Gasteiger partial charge in [-0.1, -0.05) is 167 Å². The summed E-state index contributed by atoms with van der Waals surface area (Å²) in [6, 6.07) is 0. The Hall–Kier alpha value is -1.58. The Balaban J connectivity index is 0. The SMILES string of the molecule is CCCCCCCC/C=C/CCCCCCCCCC(=O)O.CCCCCCCC/C=C\CCCCCCCCCC(=O)O. The Kier molecular flexibility index (Phi) is 41.9. The normalized spacial score (nSPS) is 11.3. The van der Waals surface area contributed by atoms with E-state index < -0.39 is 11.9 Å². The second kappa shape index (κ2) is 41.4. The summed E-state index contributed by atoms with van der Waals surface area (Å²) >= 11 is 0. The molecular formula is C40H76O4. The number of allylic oxidation sites excluding steroid dienone is 4. The zero-order valence-electron chi connectivity index (χ0n) is 29.6. The molecule has 44 heavy (non-hydrogen) atoms. The molecule has 0 atom stereocenters. The number of unbranched alkanes of at least 4 members (excludes halogenated alkanes) is 26. The zero-order valence-corrected chi connectivity index (χ0v) is 29.6. The van der Waals surface area contributed by atoms with Gasteiger partial charge in [-0.05, 0) is 64.2 Å². The van der Waals surface area contributed by atoms with Crippen molar-refractivity contribution in [3.8, 4) is 0 Å². The van der Waals surface area contributed by atoms with Crippen LogP contribution >= 0.6 is 0 Å². The van der Waals surface area contributed by atoms with Crippen molar-refractivity contribution in [1.29, 1.82) is 0 Å². The number of aliphatic carboxylic acids is 2. The van der Waals surface area contributed by atoms with Crippen molar-refractivity contribution >= 4 is 11.9 Å². The van der Waals surface area contributed by atoms with Gasteiger partial charge < -0.3 is 10.2 Å². The minimum absolute atomic E-state index is 0.337.